The summed E-state index contributed by atoms with van der Waals surface area (Å²) < 4.78 is 0. The summed E-state index contributed by atoms with van der Waals surface area (Å²) >= 11 is 6.23. The Morgan fingerprint density at radius 1 is 1.20 bits per heavy atom. The number of hydrogen-bond acceptors (Lipinski definition) is 1. The molecule has 0 aliphatic carbocycles. The normalized spacial score (nSPS) is 16.8. The van der Waals surface area contributed by atoms with Crippen LogP contribution in [0.4, 0.5) is 5.69 Å². The SMILES string of the molecule is Cc1cc(C)c(NC(=O)C[NH+]2CCCCCC2)c(Cl)c1. The fourth-order valence-electron chi connectivity index (χ4n) is 2.89. The van der Waals surface area contributed by atoms with E-state index in [2.05, 4.69) is 5.32 Å². The van der Waals surface area contributed by atoms with Crippen LogP contribution in [0.15, 0.2) is 12.1 Å². The van der Waals surface area contributed by atoms with Crippen LogP contribution in [0.25, 0.3) is 0 Å². The van der Waals surface area contributed by atoms with Gasteiger partial charge in [-0.15, -0.1) is 0 Å². The van der Waals surface area contributed by atoms with Crippen molar-refractivity contribution in [1.82, 2.24) is 0 Å². The van der Waals surface area contributed by atoms with Crippen LogP contribution in [0.3, 0.4) is 0 Å². The fourth-order valence-corrected chi connectivity index (χ4v) is 3.26. The molecule has 110 valence electrons. The Labute approximate surface area is 126 Å². The van der Waals surface area contributed by atoms with Gasteiger partial charge in [0.2, 0.25) is 0 Å². The van der Waals surface area contributed by atoms with E-state index in [1.165, 1.54) is 30.6 Å². The molecule has 0 bridgehead atoms. The highest BCUT2D eigenvalue weighted by atomic mass is 35.5. The summed E-state index contributed by atoms with van der Waals surface area (Å²) in [6.45, 7) is 6.74. The predicted molar refractivity (Wildman–Crippen MR) is 83.6 cm³/mol. The van der Waals surface area contributed by atoms with Crippen LogP contribution in [0.1, 0.15) is 36.8 Å². The van der Waals surface area contributed by atoms with E-state index in [1.54, 1.807) is 0 Å². The number of benzene rings is 1. The summed E-state index contributed by atoms with van der Waals surface area (Å²) in [6.07, 6.45) is 5.06. The van der Waals surface area contributed by atoms with Gasteiger partial charge in [0.25, 0.3) is 5.91 Å². The molecule has 0 radical (unpaired) electrons. The summed E-state index contributed by atoms with van der Waals surface area (Å²) in [5.74, 6) is 0.0655. The maximum atomic E-state index is 12.2. The zero-order chi connectivity index (χ0) is 14.5. The van der Waals surface area contributed by atoms with Crippen molar-refractivity contribution in [2.75, 3.05) is 25.0 Å². The summed E-state index contributed by atoms with van der Waals surface area (Å²) in [5.41, 5.74) is 2.90. The monoisotopic (exact) mass is 295 g/mol. The Morgan fingerprint density at radius 3 is 2.45 bits per heavy atom. The summed E-state index contributed by atoms with van der Waals surface area (Å²) in [7, 11) is 0. The number of rotatable bonds is 3. The second-order valence-corrected chi connectivity index (χ2v) is 6.24. The van der Waals surface area contributed by atoms with Gasteiger partial charge in [-0.1, -0.05) is 17.7 Å². The molecule has 0 saturated carbocycles. The number of likely N-dealkylation sites (tertiary alicyclic amines) is 1. The van der Waals surface area contributed by atoms with Crippen LogP contribution >= 0.6 is 11.6 Å². The molecule has 1 amide bonds. The van der Waals surface area contributed by atoms with Gasteiger partial charge in [-0.25, -0.2) is 0 Å². The number of hydrogen-bond donors (Lipinski definition) is 2. The third kappa shape index (κ3) is 4.22. The van der Waals surface area contributed by atoms with Crippen molar-refractivity contribution in [3.05, 3.63) is 28.3 Å². The van der Waals surface area contributed by atoms with Crippen LogP contribution in [0.2, 0.25) is 5.02 Å². The zero-order valence-electron chi connectivity index (χ0n) is 12.4. The molecule has 0 spiro atoms. The van der Waals surface area contributed by atoms with E-state index >= 15 is 0 Å². The molecule has 1 heterocycles. The van der Waals surface area contributed by atoms with Crippen molar-refractivity contribution in [2.45, 2.75) is 39.5 Å². The number of halogens is 1. The average Bonchev–Trinajstić information content (AvgIpc) is 2.62. The van der Waals surface area contributed by atoms with Crippen LogP contribution in [-0.4, -0.2) is 25.5 Å². The van der Waals surface area contributed by atoms with Crippen molar-refractivity contribution >= 4 is 23.2 Å². The minimum absolute atomic E-state index is 0.0655. The molecular formula is C16H24ClN2O+. The van der Waals surface area contributed by atoms with E-state index in [-0.39, 0.29) is 5.91 Å². The van der Waals surface area contributed by atoms with Crippen molar-refractivity contribution in [3.63, 3.8) is 0 Å². The van der Waals surface area contributed by atoms with Crippen LogP contribution < -0.4 is 10.2 Å². The van der Waals surface area contributed by atoms with Crippen molar-refractivity contribution in [1.29, 1.82) is 0 Å². The topological polar surface area (TPSA) is 33.5 Å². The van der Waals surface area contributed by atoms with E-state index in [9.17, 15) is 4.79 Å². The smallest absolute Gasteiger partial charge is 0.279 e. The van der Waals surface area contributed by atoms with Crippen LogP contribution in [0, 0.1) is 13.8 Å². The molecule has 2 N–H and O–H groups in total. The number of carbonyl (C=O) groups is 1. The molecule has 0 unspecified atom stereocenters. The first kappa shape index (κ1) is 15.3. The van der Waals surface area contributed by atoms with Crippen molar-refractivity contribution < 1.29 is 9.69 Å². The Hall–Kier alpha value is -1.06. The number of carbonyl (C=O) groups excluding carboxylic acids is 1. The number of amides is 1. The lowest BCUT2D eigenvalue weighted by Gasteiger charge is -2.17. The summed E-state index contributed by atoms with van der Waals surface area (Å²) in [5, 5.41) is 3.61. The van der Waals surface area contributed by atoms with Crippen LogP contribution in [0.5, 0.6) is 0 Å². The first-order valence-corrected chi connectivity index (χ1v) is 7.84. The maximum absolute atomic E-state index is 12.2. The lowest BCUT2D eigenvalue weighted by molar-refractivity contribution is -0.890. The van der Waals surface area contributed by atoms with Crippen molar-refractivity contribution in [2.24, 2.45) is 0 Å². The third-order valence-electron chi connectivity index (χ3n) is 3.92. The molecule has 1 saturated heterocycles. The minimum atomic E-state index is 0.0655. The maximum Gasteiger partial charge on any atom is 0.279 e. The lowest BCUT2D eigenvalue weighted by atomic mass is 10.1. The third-order valence-corrected chi connectivity index (χ3v) is 4.22. The molecule has 1 aliphatic heterocycles. The number of quaternary nitrogens is 1. The van der Waals surface area contributed by atoms with E-state index in [4.69, 9.17) is 11.6 Å². The Kier molecular flexibility index (Phi) is 5.44. The lowest BCUT2D eigenvalue weighted by Crippen LogP contribution is -3.12. The number of anilines is 1. The predicted octanol–water partition coefficient (Wildman–Crippen LogP) is 2.35. The summed E-state index contributed by atoms with van der Waals surface area (Å²) in [6, 6.07) is 3.93. The quantitative estimate of drug-likeness (QED) is 0.882. The molecule has 1 aromatic rings. The molecule has 1 aromatic carbocycles. The Morgan fingerprint density at radius 2 is 1.85 bits per heavy atom. The van der Waals surface area contributed by atoms with Gasteiger partial charge in [0, 0.05) is 0 Å². The van der Waals surface area contributed by atoms with Crippen molar-refractivity contribution in [3.8, 4) is 0 Å². The molecular weight excluding hydrogens is 272 g/mol. The van der Waals surface area contributed by atoms with E-state index < -0.39 is 0 Å². The minimum Gasteiger partial charge on any atom is -0.327 e. The average molecular weight is 296 g/mol. The van der Waals surface area contributed by atoms with Gasteiger partial charge >= 0.3 is 0 Å². The van der Waals surface area contributed by atoms with Gasteiger partial charge in [0.05, 0.1) is 23.8 Å². The van der Waals surface area contributed by atoms with Gasteiger partial charge in [-0.05, 0) is 56.7 Å². The van der Waals surface area contributed by atoms with Gasteiger partial charge in [0.1, 0.15) is 0 Å². The molecule has 0 atom stereocenters. The first-order chi connectivity index (χ1) is 9.56. The molecule has 2 rings (SSSR count). The van der Waals surface area contributed by atoms with E-state index in [0.717, 1.165) is 29.9 Å². The standard InChI is InChI=1S/C16H23ClN2O/c1-12-9-13(2)16(14(17)10-12)18-15(20)11-19-7-5-3-4-6-8-19/h9-10H,3-8,11H2,1-2H3,(H,18,20)/p+1. The summed E-state index contributed by atoms with van der Waals surface area (Å²) in [4.78, 5) is 13.6. The molecule has 1 aliphatic rings. The highest BCUT2D eigenvalue weighted by Gasteiger charge is 2.17. The second-order valence-electron chi connectivity index (χ2n) is 5.83. The van der Waals surface area contributed by atoms with Gasteiger partial charge in [0.15, 0.2) is 6.54 Å². The Bertz CT molecular complexity index is 456. The highest BCUT2D eigenvalue weighted by Crippen LogP contribution is 2.27. The molecule has 20 heavy (non-hydrogen) atoms. The first-order valence-electron chi connectivity index (χ1n) is 7.46. The Balaban J connectivity index is 1.97. The van der Waals surface area contributed by atoms with Gasteiger partial charge in [-0.3, -0.25) is 4.79 Å². The fraction of sp³-hybridized carbons (Fsp3) is 0.562. The molecule has 0 aromatic heterocycles. The number of aryl methyl sites for hydroxylation is 2. The van der Waals surface area contributed by atoms with Crippen LogP contribution in [-0.2, 0) is 4.79 Å². The molecule has 3 nitrogen and oxygen atoms in total. The van der Waals surface area contributed by atoms with Gasteiger partial charge in [-0.2, -0.15) is 0 Å². The molecule has 1 fully saturated rings. The second kappa shape index (κ2) is 7.09. The number of nitrogens with one attached hydrogen (secondary N) is 2. The zero-order valence-corrected chi connectivity index (χ0v) is 13.1. The largest absolute Gasteiger partial charge is 0.327 e. The highest BCUT2D eigenvalue weighted by molar-refractivity contribution is 6.34. The van der Waals surface area contributed by atoms with Gasteiger partial charge < -0.3 is 10.2 Å². The van der Waals surface area contributed by atoms with E-state index in [1.807, 2.05) is 26.0 Å². The van der Waals surface area contributed by atoms with E-state index in [0.29, 0.717) is 11.6 Å². The molecule has 4 heteroatoms.